The molecule has 6 fully saturated rings. The van der Waals surface area contributed by atoms with E-state index < -0.39 is 77.1 Å². The molecule has 0 radical (unpaired) electrons. The molecule has 3 unspecified atom stereocenters. The van der Waals surface area contributed by atoms with Gasteiger partial charge in [0.1, 0.15) is 24.4 Å². The van der Waals surface area contributed by atoms with Crippen LogP contribution in [-0.2, 0) is 33.3 Å². The Morgan fingerprint density at radius 2 is 1.59 bits per heavy atom. The van der Waals surface area contributed by atoms with Crippen LogP contribution in [0.2, 0.25) is 0 Å². The summed E-state index contributed by atoms with van der Waals surface area (Å²) in [6, 6.07) is 0. The number of carboxylic acid groups (broad SMARTS) is 1. The van der Waals surface area contributed by atoms with Crippen LogP contribution in [-0.4, -0.2) is 98.6 Å². The molecular formula is C37H58O12. The van der Waals surface area contributed by atoms with Crippen LogP contribution < -0.4 is 0 Å². The highest BCUT2D eigenvalue weighted by Crippen LogP contribution is 2.88. The molecule has 12 nitrogen and oxygen atoms in total. The van der Waals surface area contributed by atoms with Crippen molar-refractivity contribution in [1.29, 1.82) is 0 Å². The number of esters is 2. The summed E-state index contributed by atoms with van der Waals surface area (Å²) in [6.07, 6.45) is -1.44. The molecule has 2 heterocycles. The lowest BCUT2D eigenvalue weighted by molar-refractivity contribution is -0.303. The Balaban J connectivity index is 1.25. The van der Waals surface area contributed by atoms with E-state index in [0.29, 0.717) is 25.7 Å². The van der Waals surface area contributed by atoms with Gasteiger partial charge in [-0.3, -0.25) is 14.4 Å². The van der Waals surface area contributed by atoms with Crippen LogP contribution in [0.25, 0.3) is 0 Å². The van der Waals surface area contributed by atoms with E-state index in [9.17, 15) is 39.9 Å². The zero-order valence-electron chi connectivity index (χ0n) is 30.3. The van der Waals surface area contributed by atoms with Gasteiger partial charge in [0, 0.05) is 6.92 Å². The largest absolute Gasteiger partial charge is 0.481 e. The number of hydrogen-bond donors (Lipinski definition) is 5. The minimum Gasteiger partial charge on any atom is -0.481 e. The van der Waals surface area contributed by atoms with E-state index in [1.165, 1.54) is 20.8 Å². The highest BCUT2D eigenvalue weighted by molar-refractivity contribution is 5.81. The number of carboxylic acids is 1. The number of aliphatic hydroxyl groups excluding tert-OH is 3. The van der Waals surface area contributed by atoms with E-state index in [4.69, 9.17) is 18.9 Å². The molecule has 278 valence electrons. The molecule has 2 spiro atoms. The Labute approximate surface area is 289 Å². The average molecular weight is 695 g/mol. The van der Waals surface area contributed by atoms with E-state index in [2.05, 4.69) is 13.8 Å². The summed E-state index contributed by atoms with van der Waals surface area (Å²) in [5, 5.41) is 52.8. The Morgan fingerprint density at radius 1 is 0.959 bits per heavy atom. The molecular weight excluding hydrogens is 636 g/mol. The molecule has 49 heavy (non-hydrogen) atoms. The third-order valence-electron chi connectivity index (χ3n) is 15.0. The number of cyclic esters (lactones) is 1. The molecule has 6 rings (SSSR count). The first-order valence-electron chi connectivity index (χ1n) is 18.2. The molecule has 4 saturated carbocycles. The van der Waals surface area contributed by atoms with Crippen molar-refractivity contribution < 1.29 is 58.9 Å². The van der Waals surface area contributed by atoms with Gasteiger partial charge in [0.25, 0.3) is 0 Å². The van der Waals surface area contributed by atoms with Gasteiger partial charge >= 0.3 is 17.9 Å². The number of aliphatic hydroxyl groups is 4. The SMILES string of the molecule is CC(=O)O[C@H](C1C[C@@H](C)C([C@@]2(C)CC[C@@]34C[C@@]35CC[C@H](O[C@@H]3OC[C@@H](O)[C@H](O)[C@H]3O)C(C)(C)C5CC[C@H]4[C@]2(C)C(=O)O)C(=O)O1)C(C)(C)O. The Bertz CT molecular complexity index is 1340. The molecule has 4 aliphatic carbocycles. The molecule has 15 atom stereocenters. The smallest absolute Gasteiger partial charge is 0.310 e. The molecule has 0 amide bonds. The van der Waals surface area contributed by atoms with Gasteiger partial charge in [0.2, 0.25) is 0 Å². The monoisotopic (exact) mass is 694 g/mol. The van der Waals surface area contributed by atoms with Gasteiger partial charge in [-0.05, 0) is 112 Å². The van der Waals surface area contributed by atoms with E-state index >= 15 is 0 Å². The summed E-state index contributed by atoms with van der Waals surface area (Å²) in [4.78, 5) is 39.7. The van der Waals surface area contributed by atoms with E-state index in [-0.39, 0.29) is 46.7 Å². The summed E-state index contributed by atoms with van der Waals surface area (Å²) in [5.74, 6) is -2.85. The van der Waals surface area contributed by atoms with Crippen molar-refractivity contribution in [1.82, 2.24) is 0 Å². The fraction of sp³-hybridized carbons (Fsp3) is 0.919. The third-order valence-corrected chi connectivity index (χ3v) is 15.0. The van der Waals surface area contributed by atoms with Crippen LogP contribution in [0, 0.1) is 50.7 Å². The number of rotatable bonds is 7. The maximum atomic E-state index is 14.1. The van der Waals surface area contributed by atoms with Crippen molar-refractivity contribution in [3.05, 3.63) is 0 Å². The molecule has 0 aromatic heterocycles. The Kier molecular flexibility index (Phi) is 8.93. The lowest BCUT2D eigenvalue weighted by atomic mass is 9.39. The summed E-state index contributed by atoms with van der Waals surface area (Å²) in [6.45, 7) is 14.3. The van der Waals surface area contributed by atoms with Crippen molar-refractivity contribution in [2.75, 3.05) is 6.61 Å². The van der Waals surface area contributed by atoms with Gasteiger partial charge in [0.05, 0.1) is 29.6 Å². The van der Waals surface area contributed by atoms with Gasteiger partial charge in [-0.15, -0.1) is 0 Å². The van der Waals surface area contributed by atoms with Crippen LogP contribution in [0.15, 0.2) is 0 Å². The number of ether oxygens (including phenoxy) is 4. The average Bonchev–Trinajstić information content (AvgIpc) is 3.66. The molecule has 2 aliphatic heterocycles. The predicted molar refractivity (Wildman–Crippen MR) is 173 cm³/mol. The number of hydrogen-bond acceptors (Lipinski definition) is 11. The fourth-order valence-corrected chi connectivity index (χ4v) is 12.5. The lowest BCUT2D eigenvalue weighted by Crippen LogP contribution is -2.65. The second kappa shape index (κ2) is 11.8. The first-order valence-corrected chi connectivity index (χ1v) is 18.2. The number of carbonyl (C=O) groups excluding carboxylic acids is 2. The molecule has 12 heteroatoms. The van der Waals surface area contributed by atoms with Crippen molar-refractivity contribution in [2.24, 2.45) is 50.7 Å². The quantitative estimate of drug-likeness (QED) is 0.194. The summed E-state index contributed by atoms with van der Waals surface area (Å²) in [7, 11) is 0. The zero-order valence-corrected chi connectivity index (χ0v) is 30.3. The predicted octanol–water partition coefficient (Wildman–Crippen LogP) is 3.19. The topological polar surface area (TPSA) is 189 Å². The fourth-order valence-electron chi connectivity index (χ4n) is 12.5. The molecule has 0 bridgehead atoms. The van der Waals surface area contributed by atoms with Gasteiger partial charge < -0.3 is 44.5 Å². The summed E-state index contributed by atoms with van der Waals surface area (Å²) >= 11 is 0. The number of aliphatic carboxylic acids is 1. The molecule has 5 N–H and O–H groups in total. The minimum absolute atomic E-state index is 0.0627. The molecule has 0 aromatic rings. The number of carbonyl (C=O) groups is 3. The lowest BCUT2D eigenvalue weighted by Gasteiger charge is -2.64. The molecule has 6 aliphatic rings. The van der Waals surface area contributed by atoms with Gasteiger partial charge in [0.15, 0.2) is 12.4 Å². The highest BCUT2D eigenvalue weighted by Gasteiger charge is 2.83. The molecule has 2 saturated heterocycles. The van der Waals surface area contributed by atoms with Gasteiger partial charge in [-0.25, -0.2) is 0 Å². The molecule has 0 aromatic carbocycles. The second-order valence-corrected chi connectivity index (χ2v) is 18.2. The normalized spacial score (nSPS) is 49.8. The van der Waals surface area contributed by atoms with Crippen LogP contribution >= 0.6 is 0 Å². The van der Waals surface area contributed by atoms with E-state index in [0.717, 1.165) is 25.7 Å². The first-order chi connectivity index (χ1) is 22.6. The zero-order chi connectivity index (χ0) is 36.3. The maximum Gasteiger partial charge on any atom is 0.310 e. The van der Waals surface area contributed by atoms with Crippen LogP contribution in [0.5, 0.6) is 0 Å². The van der Waals surface area contributed by atoms with Crippen molar-refractivity contribution in [3.63, 3.8) is 0 Å². The summed E-state index contributed by atoms with van der Waals surface area (Å²) in [5.41, 5.74) is -4.15. The van der Waals surface area contributed by atoms with Crippen molar-refractivity contribution in [2.45, 2.75) is 155 Å². The third kappa shape index (κ3) is 5.24. The maximum absolute atomic E-state index is 14.1. The van der Waals surface area contributed by atoms with E-state index in [1.54, 1.807) is 0 Å². The van der Waals surface area contributed by atoms with Gasteiger partial charge in [-0.1, -0.05) is 27.7 Å². The second-order valence-electron chi connectivity index (χ2n) is 18.2. The van der Waals surface area contributed by atoms with Crippen LogP contribution in [0.4, 0.5) is 0 Å². The van der Waals surface area contributed by atoms with Crippen LogP contribution in [0.3, 0.4) is 0 Å². The summed E-state index contributed by atoms with van der Waals surface area (Å²) < 4.78 is 23.4. The van der Waals surface area contributed by atoms with Crippen molar-refractivity contribution in [3.8, 4) is 0 Å². The Hall–Kier alpha value is -1.83. The van der Waals surface area contributed by atoms with E-state index in [1.807, 2.05) is 20.8 Å². The highest BCUT2D eigenvalue weighted by atomic mass is 16.7. The first kappa shape index (κ1) is 36.9. The van der Waals surface area contributed by atoms with Crippen LogP contribution in [0.1, 0.15) is 107 Å². The Morgan fingerprint density at radius 3 is 2.18 bits per heavy atom. The minimum atomic E-state index is -1.45. The van der Waals surface area contributed by atoms with Crippen molar-refractivity contribution >= 4 is 17.9 Å². The standard InChI is InChI=1S/C37H58O12/c1-18-15-21(28(33(5,6)45)47-19(2)38)48-29(42)25(18)34(7)13-14-37-17-36(37)12-11-24(49-30-27(41)26(40)20(39)16-46-30)32(3,4)22(36)9-10-23(37)35(34,8)31(43)44/h18,20-28,30,39-41,45H,9-17H2,1-8H3,(H,43,44)/t18-,20-,21?,22?,23+,24+,25?,26+,27-,28-,30+,34-,35-,36-,37+/m1/s1. The van der Waals surface area contributed by atoms with Gasteiger partial charge in [-0.2, -0.15) is 0 Å².